The number of amides is 1. The van der Waals surface area contributed by atoms with E-state index in [9.17, 15) is 4.79 Å². The van der Waals surface area contributed by atoms with Crippen molar-refractivity contribution < 1.29 is 4.79 Å². The lowest BCUT2D eigenvalue weighted by Crippen LogP contribution is -2.30. The molecule has 1 aromatic carbocycles. The number of aromatic nitrogens is 1. The fourth-order valence-electron chi connectivity index (χ4n) is 1.94. The van der Waals surface area contributed by atoms with Crippen LogP contribution in [0.4, 0.5) is 0 Å². The van der Waals surface area contributed by atoms with Gasteiger partial charge in [0.05, 0.1) is 11.1 Å². The minimum Gasteiger partial charge on any atom is -0.361 e. The Morgan fingerprint density at radius 1 is 1.24 bits per heavy atom. The van der Waals surface area contributed by atoms with Crippen molar-refractivity contribution in [2.24, 2.45) is 0 Å². The molecule has 0 aliphatic rings. The molecule has 1 N–H and O–H groups in total. The second kappa shape index (κ2) is 5.73. The molecule has 1 aromatic heterocycles. The van der Waals surface area contributed by atoms with Crippen LogP contribution in [0.25, 0.3) is 10.9 Å². The van der Waals surface area contributed by atoms with Gasteiger partial charge in [0, 0.05) is 24.7 Å². The Morgan fingerprint density at radius 2 is 1.94 bits per heavy atom. The molecule has 0 spiro atoms. The van der Waals surface area contributed by atoms with Gasteiger partial charge in [0.15, 0.2) is 0 Å². The van der Waals surface area contributed by atoms with Crippen LogP contribution in [0.2, 0.25) is 0 Å². The molecule has 0 unspecified atom stereocenters. The zero-order chi connectivity index (χ0) is 11.5. The molecule has 2 aromatic rings. The van der Waals surface area contributed by atoms with E-state index in [-0.39, 0.29) is 18.3 Å². The number of nitrogens with zero attached hydrogens (tertiary/aromatic N) is 1. The lowest BCUT2D eigenvalue weighted by Gasteiger charge is -2.18. The van der Waals surface area contributed by atoms with Crippen LogP contribution in [0.5, 0.6) is 0 Å². The number of H-pyrrole nitrogens is 1. The summed E-state index contributed by atoms with van der Waals surface area (Å²) in [5.74, 6) is 0.0954. The Hall–Kier alpha value is -1.48. The van der Waals surface area contributed by atoms with Gasteiger partial charge < -0.3 is 9.88 Å². The van der Waals surface area contributed by atoms with Crippen molar-refractivity contribution in [3.63, 3.8) is 0 Å². The Bertz CT molecular complexity index is 503. The molecule has 0 saturated heterocycles. The van der Waals surface area contributed by atoms with Crippen LogP contribution in [0.15, 0.2) is 30.5 Å². The SMILES string of the molecule is CCN(CC)C(=O)c1cccc2cc[nH]c12.Cl. The van der Waals surface area contributed by atoms with Crippen molar-refractivity contribution in [1.82, 2.24) is 9.88 Å². The molecule has 0 radical (unpaired) electrons. The Balaban J connectivity index is 0.00000144. The predicted molar refractivity (Wildman–Crippen MR) is 72.8 cm³/mol. The summed E-state index contributed by atoms with van der Waals surface area (Å²) in [5, 5.41) is 1.08. The maximum atomic E-state index is 12.2. The Labute approximate surface area is 107 Å². The smallest absolute Gasteiger partial charge is 0.255 e. The molecule has 0 atom stereocenters. The summed E-state index contributed by atoms with van der Waals surface area (Å²) >= 11 is 0. The van der Waals surface area contributed by atoms with Crippen LogP contribution in [0.3, 0.4) is 0 Å². The number of rotatable bonds is 3. The van der Waals surface area contributed by atoms with E-state index in [4.69, 9.17) is 0 Å². The number of halogens is 1. The van der Waals surface area contributed by atoms with Crippen molar-refractivity contribution in [1.29, 1.82) is 0 Å². The summed E-state index contributed by atoms with van der Waals surface area (Å²) in [6.45, 7) is 5.48. The number of nitrogens with one attached hydrogen (secondary N) is 1. The van der Waals surface area contributed by atoms with Crippen LogP contribution >= 0.6 is 12.4 Å². The number of aromatic amines is 1. The summed E-state index contributed by atoms with van der Waals surface area (Å²) in [5.41, 5.74) is 1.69. The number of fused-ring (bicyclic) bond motifs is 1. The quantitative estimate of drug-likeness (QED) is 0.896. The summed E-state index contributed by atoms with van der Waals surface area (Å²) in [6, 6.07) is 7.78. The fraction of sp³-hybridized carbons (Fsp3) is 0.308. The van der Waals surface area contributed by atoms with Gasteiger partial charge in [-0.2, -0.15) is 0 Å². The summed E-state index contributed by atoms with van der Waals surface area (Å²) in [4.78, 5) is 17.2. The van der Waals surface area contributed by atoms with Crippen LogP contribution in [0, 0.1) is 0 Å². The van der Waals surface area contributed by atoms with Gasteiger partial charge in [-0.05, 0) is 26.0 Å². The van der Waals surface area contributed by atoms with E-state index in [2.05, 4.69) is 4.98 Å². The first kappa shape index (κ1) is 13.6. The lowest BCUT2D eigenvalue weighted by atomic mass is 10.1. The lowest BCUT2D eigenvalue weighted by molar-refractivity contribution is 0.0775. The molecule has 1 heterocycles. The topological polar surface area (TPSA) is 36.1 Å². The van der Waals surface area contributed by atoms with Gasteiger partial charge in [0.2, 0.25) is 0 Å². The van der Waals surface area contributed by atoms with E-state index in [1.54, 1.807) is 0 Å². The second-order valence-corrected chi connectivity index (χ2v) is 3.72. The van der Waals surface area contributed by atoms with Gasteiger partial charge in [0.1, 0.15) is 0 Å². The van der Waals surface area contributed by atoms with Crippen LogP contribution in [-0.2, 0) is 0 Å². The normalized spacial score (nSPS) is 10.0. The Kier molecular flexibility index (Phi) is 4.58. The molecule has 0 aliphatic carbocycles. The van der Waals surface area contributed by atoms with Crippen molar-refractivity contribution in [3.8, 4) is 0 Å². The Morgan fingerprint density at radius 3 is 2.59 bits per heavy atom. The van der Waals surface area contributed by atoms with E-state index in [1.807, 2.05) is 49.2 Å². The third-order valence-corrected chi connectivity index (χ3v) is 2.87. The molecule has 3 nitrogen and oxygen atoms in total. The largest absolute Gasteiger partial charge is 0.361 e. The highest BCUT2D eigenvalue weighted by atomic mass is 35.5. The van der Waals surface area contributed by atoms with Gasteiger partial charge in [-0.15, -0.1) is 12.4 Å². The van der Waals surface area contributed by atoms with Crippen molar-refractivity contribution >= 4 is 29.2 Å². The van der Waals surface area contributed by atoms with Crippen LogP contribution < -0.4 is 0 Å². The highest BCUT2D eigenvalue weighted by molar-refractivity contribution is 6.05. The standard InChI is InChI=1S/C13H16N2O.ClH/c1-3-15(4-2)13(16)11-7-5-6-10-8-9-14-12(10)11;/h5-9,14H,3-4H2,1-2H3;1H. The number of hydrogen-bond acceptors (Lipinski definition) is 1. The van der Waals surface area contributed by atoms with Crippen molar-refractivity contribution in [2.75, 3.05) is 13.1 Å². The molecule has 17 heavy (non-hydrogen) atoms. The maximum Gasteiger partial charge on any atom is 0.255 e. The molecule has 4 heteroatoms. The van der Waals surface area contributed by atoms with E-state index >= 15 is 0 Å². The zero-order valence-electron chi connectivity index (χ0n) is 10.1. The summed E-state index contributed by atoms with van der Waals surface area (Å²) in [7, 11) is 0. The van der Waals surface area contributed by atoms with Crippen molar-refractivity contribution in [2.45, 2.75) is 13.8 Å². The predicted octanol–water partition coefficient (Wildman–Crippen LogP) is 3.07. The molecule has 0 saturated carbocycles. The molecule has 2 rings (SSSR count). The number of para-hydroxylation sites is 1. The first-order valence-electron chi connectivity index (χ1n) is 5.63. The van der Waals surface area contributed by atoms with E-state index in [1.165, 1.54) is 0 Å². The van der Waals surface area contributed by atoms with Gasteiger partial charge in [-0.1, -0.05) is 12.1 Å². The van der Waals surface area contributed by atoms with Gasteiger partial charge in [0.25, 0.3) is 5.91 Å². The summed E-state index contributed by atoms with van der Waals surface area (Å²) in [6.07, 6.45) is 1.86. The number of carbonyl (C=O) groups excluding carboxylic acids is 1. The maximum absolute atomic E-state index is 12.2. The van der Waals surface area contributed by atoms with Gasteiger partial charge in [-0.3, -0.25) is 4.79 Å². The van der Waals surface area contributed by atoms with Crippen LogP contribution in [0.1, 0.15) is 24.2 Å². The molecule has 0 fully saturated rings. The second-order valence-electron chi connectivity index (χ2n) is 3.72. The third-order valence-electron chi connectivity index (χ3n) is 2.87. The highest BCUT2D eigenvalue weighted by Crippen LogP contribution is 2.18. The molecular weight excluding hydrogens is 236 g/mol. The molecular formula is C13H17ClN2O. The minimum absolute atomic E-state index is 0. The van der Waals surface area contributed by atoms with Crippen molar-refractivity contribution in [3.05, 3.63) is 36.0 Å². The first-order valence-corrected chi connectivity index (χ1v) is 5.63. The summed E-state index contributed by atoms with van der Waals surface area (Å²) < 4.78 is 0. The van der Waals surface area contributed by atoms with E-state index < -0.39 is 0 Å². The molecule has 92 valence electrons. The average molecular weight is 253 g/mol. The fourth-order valence-corrected chi connectivity index (χ4v) is 1.94. The van der Waals surface area contributed by atoms with Gasteiger partial charge in [-0.25, -0.2) is 0 Å². The monoisotopic (exact) mass is 252 g/mol. The number of benzene rings is 1. The number of carbonyl (C=O) groups is 1. The number of hydrogen-bond donors (Lipinski definition) is 1. The minimum atomic E-state index is 0. The van der Waals surface area contributed by atoms with Gasteiger partial charge >= 0.3 is 0 Å². The van der Waals surface area contributed by atoms with E-state index in [0.29, 0.717) is 0 Å². The third kappa shape index (κ3) is 2.44. The first-order chi connectivity index (χ1) is 7.77. The zero-order valence-corrected chi connectivity index (χ0v) is 10.9. The molecule has 0 aliphatic heterocycles. The highest BCUT2D eigenvalue weighted by Gasteiger charge is 2.15. The molecule has 0 bridgehead atoms. The molecule has 1 amide bonds. The van der Waals surface area contributed by atoms with E-state index in [0.717, 1.165) is 29.6 Å². The van der Waals surface area contributed by atoms with Crippen LogP contribution in [-0.4, -0.2) is 28.9 Å². The average Bonchev–Trinajstić information content (AvgIpc) is 2.78.